The molecule has 2 aromatic heterocycles. The van der Waals surface area contributed by atoms with Gasteiger partial charge in [0.25, 0.3) is 0 Å². The van der Waals surface area contributed by atoms with Crippen LogP contribution < -0.4 is 9.80 Å². The average Bonchev–Trinajstić information content (AvgIpc) is 3.29. The lowest BCUT2D eigenvalue weighted by Crippen LogP contribution is -2.46. The molecular formula is C24H29FN6O. The highest BCUT2D eigenvalue weighted by atomic mass is 19.1. The number of pyridine rings is 1. The minimum atomic E-state index is -0.169. The molecule has 7 nitrogen and oxygen atoms in total. The van der Waals surface area contributed by atoms with Crippen LogP contribution in [-0.4, -0.2) is 59.3 Å². The van der Waals surface area contributed by atoms with E-state index in [2.05, 4.69) is 36.7 Å². The summed E-state index contributed by atoms with van der Waals surface area (Å²) in [5.41, 5.74) is 1.53. The fraction of sp³-hybridized carbons (Fsp3) is 0.458. The Bertz CT molecular complexity index is 1020. The molecule has 3 aromatic rings. The van der Waals surface area contributed by atoms with Crippen molar-refractivity contribution in [1.29, 1.82) is 0 Å². The molecule has 2 aliphatic heterocycles. The van der Waals surface area contributed by atoms with Crippen LogP contribution in [0.3, 0.4) is 0 Å². The molecule has 0 radical (unpaired) electrons. The van der Waals surface area contributed by atoms with Gasteiger partial charge in [0.15, 0.2) is 0 Å². The molecule has 2 fully saturated rings. The summed E-state index contributed by atoms with van der Waals surface area (Å²) < 4.78 is 19.5. The molecule has 32 heavy (non-hydrogen) atoms. The van der Waals surface area contributed by atoms with Gasteiger partial charge in [-0.15, -0.1) is 0 Å². The van der Waals surface area contributed by atoms with Crippen LogP contribution in [0.1, 0.15) is 25.7 Å². The summed E-state index contributed by atoms with van der Waals surface area (Å²) in [6, 6.07) is 11.0. The van der Waals surface area contributed by atoms with Crippen molar-refractivity contribution in [2.24, 2.45) is 5.92 Å². The van der Waals surface area contributed by atoms with E-state index in [-0.39, 0.29) is 5.82 Å². The number of hydrogen-bond donors (Lipinski definition) is 0. The number of nitrogens with zero attached hydrogens (tertiary/aromatic N) is 6. The number of hydrogen-bond acceptors (Lipinski definition) is 7. The molecule has 0 unspecified atom stereocenters. The van der Waals surface area contributed by atoms with Crippen LogP contribution in [0, 0.1) is 11.7 Å². The zero-order valence-electron chi connectivity index (χ0n) is 18.5. The number of rotatable bonds is 5. The monoisotopic (exact) mass is 436 g/mol. The molecule has 5 rings (SSSR count). The van der Waals surface area contributed by atoms with Gasteiger partial charge in [0.05, 0.1) is 12.2 Å². The first-order valence-electron chi connectivity index (χ1n) is 11.4. The van der Waals surface area contributed by atoms with Crippen molar-refractivity contribution in [3.63, 3.8) is 0 Å². The molecular weight excluding hydrogens is 407 g/mol. The van der Waals surface area contributed by atoms with Gasteiger partial charge in [0.2, 0.25) is 11.7 Å². The number of piperidine rings is 1. The number of anilines is 2. The minimum absolute atomic E-state index is 0.169. The van der Waals surface area contributed by atoms with E-state index in [1.165, 1.54) is 18.9 Å². The number of piperazine rings is 1. The molecule has 168 valence electrons. The van der Waals surface area contributed by atoms with Gasteiger partial charge in [-0.2, -0.15) is 4.98 Å². The van der Waals surface area contributed by atoms with Crippen molar-refractivity contribution in [1.82, 2.24) is 20.0 Å². The van der Waals surface area contributed by atoms with Gasteiger partial charge < -0.3 is 14.3 Å². The molecule has 0 amide bonds. The Morgan fingerprint density at radius 2 is 1.75 bits per heavy atom. The Kier molecular flexibility index (Phi) is 6.03. The number of halogens is 1. The van der Waals surface area contributed by atoms with E-state index in [1.54, 1.807) is 6.07 Å². The Labute approximate surface area is 187 Å². The quantitative estimate of drug-likeness (QED) is 0.602. The SMILES string of the molecule is CC1CCN(c2ccc(-c3noc(CN4CCN(c5ccccc5F)CC4)n3)cn2)CC1. The van der Waals surface area contributed by atoms with Crippen LogP contribution in [0.5, 0.6) is 0 Å². The Morgan fingerprint density at radius 1 is 0.969 bits per heavy atom. The van der Waals surface area contributed by atoms with E-state index in [0.717, 1.165) is 56.6 Å². The smallest absolute Gasteiger partial charge is 0.241 e. The van der Waals surface area contributed by atoms with Crippen molar-refractivity contribution in [3.8, 4) is 11.4 Å². The van der Waals surface area contributed by atoms with Crippen LogP contribution in [-0.2, 0) is 6.54 Å². The van der Waals surface area contributed by atoms with E-state index >= 15 is 0 Å². The Hall–Kier alpha value is -3.00. The van der Waals surface area contributed by atoms with Crippen molar-refractivity contribution in [2.75, 3.05) is 49.1 Å². The van der Waals surface area contributed by atoms with Crippen molar-refractivity contribution in [2.45, 2.75) is 26.3 Å². The second kappa shape index (κ2) is 9.24. The van der Waals surface area contributed by atoms with Crippen molar-refractivity contribution < 1.29 is 8.91 Å². The fourth-order valence-corrected chi connectivity index (χ4v) is 4.43. The maximum Gasteiger partial charge on any atom is 0.241 e. The van der Waals surface area contributed by atoms with E-state index < -0.39 is 0 Å². The van der Waals surface area contributed by atoms with Gasteiger partial charge in [-0.05, 0) is 43.0 Å². The lowest BCUT2D eigenvalue weighted by atomic mass is 9.99. The predicted octanol–water partition coefficient (Wildman–Crippen LogP) is 3.83. The van der Waals surface area contributed by atoms with Gasteiger partial charge in [-0.1, -0.05) is 24.2 Å². The van der Waals surface area contributed by atoms with Crippen LogP contribution in [0.15, 0.2) is 47.1 Å². The van der Waals surface area contributed by atoms with Crippen LogP contribution in [0.4, 0.5) is 15.9 Å². The first-order chi connectivity index (χ1) is 15.7. The first kappa shape index (κ1) is 20.9. The topological polar surface area (TPSA) is 61.5 Å². The third-order valence-electron chi connectivity index (χ3n) is 6.51. The molecule has 0 bridgehead atoms. The summed E-state index contributed by atoms with van der Waals surface area (Å²) in [7, 11) is 0. The van der Waals surface area contributed by atoms with E-state index in [0.29, 0.717) is 23.9 Å². The van der Waals surface area contributed by atoms with Gasteiger partial charge in [-0.3, -0.25) is 4.90 Å². The summed E-state index contributed by atoms with van der Waals surface area (Å²) >= 11 is 0. The fourth-order valence-electron chi connectivity index (χ4n) is 4.43. The normalized spacial score (nSPS) is 18.3. The molecule has 0 saturated carbocycles. The van der Waals surface area contributed by atoms with Crippen molar-refractivity contribution >= 4 is 11.5 Å². The average molecular weight is 437 g/mol. The zero-order valence-corrected chi connectivity index (χ0v) is 18.5. The van der Waals surface area contributed by atoms with Crippen LogP contribution in [0.2, 0.25) is 0 Å². The number of benzene rings is 1. The lowest BCUT2D eigenvalue weighted by Gasteiger charge is -2.35. The first-order valence-corrected chi connectivity index (χ1v) is 11.4. The third-order valence-corrected chi connectivity index (χ3v) is 6.51. The standard InChI is InChI=1S/C24H29FN6O/c1-18-8-10-31(11-9-18)22-7-6-19(16-26-22)24-27-23(32-28-24)17-29-12-14-30(15-13-29)21-5-3-2-4-20(21)25/h2-7,16,18H,8-15,17H2,1H3. The molecule has 0 aliphatic carbocycles. The summed E-state index contributed by atoms with van der Waals surface area (Å²) in [6.45, 7) is 8.19. The highest BCUT2D eigenvalue weighted by molar-refractivity contribution is 5.56. The Morgan fingerprint density at radius 3 is 2.47 bits per heavy atom. The van der Waals surface area contributed by atoms with Gasteiger partial charge in [0.1, 0.15) is 11.6 Å². The number of aromatic nitrogens is 3. The maximum absolute atomic E-state index is 14.0. The minimum Gasteiger partial charge on any atom is -0.367 e. The Balaban J connectivity index is 1.16. The number of para-hydroxylation sites is 1. The second-order valence-electron chi connectivity index (χ2n) is 8.80. The molecule has 0 spiro atoms. The molecule has 2 saturated heterocycles. The van der Waals surface area contributed by atoms with Gasteiger partial charge in [-0.25, -0.2) is 9.37 Å². The third kappa shape index (κ3) is 4.60. The molecule has 2 aliphatic rings. The highest BCUT2D eigenvalue weighted by Crippen LogP contribution is 2.24. The largest absolute Gasteiger partial charge is 0.367 e. The van der Waals surface area contributed by atoms with E-state index in [1.807, 2.05) is 30.5 Å². The van der Waals surface area contributed by atoms with Crippen LogP contribution >= 0.6 is 0 Å². The van der Waals surface area contributed by atoms with Gasteiger partial charge >= 0.3 is 0 Å². The van der Waals surface area contributed by atoms with Gasteiger partial charge in [0, 0.05) is 51.0 Å². The predicted molar refractivity (Wildman–Crippen MR) is 122 cm³/mol. The molecule has 1 aromatic carbocycles. The summed E-state index contributed by atoms with van der Waals surface area (Å²) in [5.74, 6) is 2.80. The molecule has 8 heteroatoms. The lowest BCUT2D eigenvalue weighted by molar-refractivity contribution is 0.215. The van der Waals surface area contributed by atoms with Crippen LogP contribution in [0.25, 0.3) is 11.4 Å². The second-order valence-corrected chi connectivity index (χ2v) is 8.80. The summed E-state index contributed by atoms with van der Waals surface area (Å²) in [4.78, 5) is 15.9. The zero-order chi connectivity index (χ0) is 21.9. The van der Waals surface area contributed by atoms with E-state index in [9.17, 15) is 4.39 Å². The summed E-state index contributed by atoms with van der Waals surface area (Å²) in [6.07, 6.45) is 4.26. The molecule has 0 N–H and O–H groups in total. The maximum atomic E-state index is 14.0. The highest BCUT2D eigenvalue weighted by Gasteiger charge is 2.22. The molecule has 0 atom stereocenters. The van der Waals surface area contributed by atoms with E-state index in [4.69, 9.17) is 4.52 Å². The molecule has 4 heterocycles. The van der Waals surface area contributed by atoms with Crippen molar-refractivity contribution in [3.05, 3.63) is 54.3 Å². The summed E-state index contributed by atoms with van der Waals surface area (Å²) in [5, 5.41) is 4.15.